The summed E-state index contributed by atoms with van der Waals surface area (Å²) >= 11 is 0. The number of hydrogen-bond acceptors (Lipinski definition) is 0. The third kappa shape index (κ3) is 10.4. The van der Waals surface area contributed by atoms with Crippen molar-refractivity contribution in [3.05, 3.63) is 144 Å². The van der Waals surface area contributed by atoms with Crippen molar-refractivity contribution >= 4 is 80.0 Å². The van der Waals surface area contributed by atoms with Crippen LogP contribution >= 0.6 is 0 Å². The summed E-state index contributed by atoms with van der Waals surface area (Å²) in [5.74, 6) is 0. The van der Waals surface area contributed by atoms with Gasteiger partial charge in [0.1, 0.15) is 0 Å². The zero-order valence-electron chi connectivity index (χ0n) is 38.3. The maximum Gasteiger partial charge on any atom is 2.00 e. The van der Waals surface area contributed by atoms with Crippen LogP contribution < -0.4 is 45.6 Å². The molecule has 0 saturated carbocycles. The summed E-state index contributed by atoms with van der Waals surface area (Å²) in [6.07, 6.45) is 14.9. The summed E-state index contributed by atoms with van der Waals surface area (Å²) in [6, 6.07) is 46.3. The van der Waals surface area contributed by atoms with Crippen molar-refractivity contribution in [2.45, 2.75) is 131 Å². The van der Waals surface area contributed by atoms with Gasteiger partial charge in [0.15, 0.2) is 0 Å². The van der Waals surface area contributed by atoms with Gasteiger partial charge >= 0.3 is 26.2 Å². The monoisotopic (exact) mass is 956 g/mol. The Kier molecular flexibility index (Phi) is 18.9. The molecule has 8 aromatic rings. The van der Waals surface area contributed by atoms with Gasteiger partial charge in [-0.15, -0.1) is 139 Å². The van der Waals surface area contributed by atoms with Gasteiger partial charge in [0.05, 0.1) is 16.1 Å². The molecule has 322 valence electrons. The zero-order valence-corrected chi connectivity index (χ0v) is 44.3. The molecule has 0 fully saturated rings. The molecule has 8 aromatic carbocycles. The van der Waals surface area contributed by atoms with Crippen LogP contribution in [0.5, 0.6) is 0 Å². The first-order valence-electron chi connectivity index (χ1n) is 22.9. The Morgan fingerprint density at radius 1 is 0.344 bits per heavy atom. The Bertz CT molecular complexity index is 2240. The van der Waals surface area contributed by atoms with E-state index in [2.05, 4.69) is 175 Å². The zero-order chi connectivity index (χ0) is 40.9. The summed E-state index contributed by atoms with van der Waals surface area (Å²) in [5, 5.41) is 18.3. The molecule has 0 N–H and O–H groups in total. The molecule has 0 unspecified atom stereocenters. The predicted molar refractivity (Wildman–Crippen MR) is 266 cm³/mol. The molecule has 0 spiro atoms. The fourth-order valence-electron chi connectivity index (χ4n) is 10.2. The first kappa shape index (κ1) is 50.9. The molecule has 0 heterocycles. The number of fused-ring (bicyclic) bond motifs is 4. The maximum atomic E-state index is 2.58. The van der Waals surface area contributed by atoms with E-state index >= 15 is 0 Å². The number of rotatable bonds is 16. The molecule has 0 saturated heterocycles. The van der Waals surface area contributed by atoms with Gasteiger partial charge in [-0.3, -0.25) is 0 Å². The van der Waals surface area contributed by atoms with Crippen LogP contribution in [0.2, 0.25) is 26.2 Å². The van der Waals surface area contributed by atoms with Crippen LogP contribution in [-0.4, -0.2) is 16.1 Å². The number of halogens is 2. The van der Waals surface area contributed by atoms with Gasteiger partial charge < -0.3 is 24.8 Å². The van der Waals surface area contributed by atoms with Crippen molar-refractivity contribution in [3.63, 3.8) is 0 Å². The van der Waals surface area contributed by atoms with Crippen LogP contribution in [-0.2, 0) is 51.9 Å². The minimum Gasteiger partial charge on any atom is -1.00 e. The van der Waals surface area contributed by atoms with Crippen molar-refractivity contribution in [2.75, 3.05) is 0 Å². The first-order chi connectivity index (χ1) is 28.1. The van der Waals surface area contributed by atoms with Gasteiger partial charge in [-0.05, 0) is 0 Å². The molecule has 0 aliphatic carbocycles. The molecule has 61 heavy (non-hydrogen) atoms. The second-order valence-electron chi connectivity index (χ2n) is 18.2. The van der Waals surface area contributed by atoms with E-state index in [4.69, 9.17) is 0 Å². The van der Waals surface area contributed by atoms with Crippen LogP contribution in [0.3, 0.4) is 0 Å². The van der Waals surface area contributed by atoms with E-state index in [1.807, 2.05) is 0 Å². The van der Waals surface area contributed by atoms with Gasteiger partial charge in [0.25, 0.3) is 0 Å². The molecule has 0 amide bonds. The fourth-order valence-corrected chi connectivity index (χ4v) is 16.9. The topological polar surface area (TPSA) is 0 Å². The summed E-state index contributed by atoms with van der Waals surface area (Å²) in [4.78, 5) is 0. The summed E-state index contributed by atoms with van der Waals surface area (Å²) in [6.45, 7) is 19.6. The van der Waals surface area contributed by atoms with E-state index < -0.39 is 16.1 Å². The van der Waals surface area contributed by atoms with E-state index in [1.165, 1.54) is 120 Å². The van der Waals surface area contributed by atoms with Crippen LogP contribution in [0.1, 0.15) is 101 Å². The molecule has 0 aliphatic heterocycles. The van der Waals surface area contributed by atoms with Crippen LogP contribution in [0.4, 0.5) is 0 Å². The summed E-state index contributed by atoms with van der Waals surface area (Å²) in [7, 11) is -3.62. The smallest absolute Gasteiger partial charge is 1.00 e. The number of benzene rings is 4. The molecule has 0 bridgehead atoms. The van der Waals surface area contributed by atoms with E-state index in [0.717, 1.165) is 0 Å². The van der Waals surface area contributed by atoms with Gasteiger partial charge in [0.2, 0.25) is 0 Å². The fraction of sp³-hybridized carbons (Fsp3) is 0.357. The molecule has 0 nitrogen and oxygen atoms in total. The molecular weight excluding hydrogens is 891 g/mol. The minimum atomic E-state index is -1.81. The first-order valence-corrected chi connectivity index (χ1v) is 28.9. The van der Waals surface area contributed by atoms with E-state index in [-0.39, 0.29) is 51.0 Å². The molecule has 8 rings (SSSR count). The SMILES string of the molecule is CCCCc1c([Si](C)(C)c2[cH-]c3ccccc3c2CCCC)[cH-]c2ccccc12.CCCCc1c([Si](C)(C)c2[cH-]c3ccccc3c2CCCC)[cH-]c2ccccc12.[Cl-].[Cl-].[Zr+2]. The molecule has 5 heteroatoms. The summed E-state index contributed by atoms with van der Waals surface area (Å²) < 4.78 is 0. The maximum absolute atomic E-state index is 2.58. The number of hydrogen-bond donors (Lipinski definition) is 0. The molecule has 0 atom stereocenters. The third-order valence-corrected chi connectivity index (χ3v) is 20.6. The largest absolute Gasteiger partial charge is 2.00 e. The van der Waals surface area contributed by atoms with Crippen molar-refractivity contribution in [1.29, 1.82) is 0 Å². The Balaban J connectivity index is 0.000000256. The van der Waals surface area contributed by atoms with Gasteiger partial charge in [-0.25, -0.2) is 0 Å². The second kappa shape index (κ2) is 22.7. The van der Waals surface area contributed by atoms with Crippen molar-refractivity contribution < 1.29 is 51.0 Å². The molecule has 0 radical (unpaired) electrons. The predicted octanol–water partition coefficient (Wildman–Crippen LogP) is 7.88. The van der Waals surface area contributed by atoms with E-state index in [1.54, 1.807) is 43.0 Å². The molecular formula is C56H68Cl2Si2Zr-4. The van der Waals surface area contributed by atoms with E-state index in [0.29, 0.717) is 0 Å². The standard InChI is InChI=1S/2C28H34Si.2ClH.Zr/c2*1-5-7-15-25-23-17-11-9-13-21(23)19-27(25)29(3,4)28-20-22-14-10-12-18-24(22)26(28)16-8-6-2;;;/h2*9-14,17-20H,5-8,15-16H2,1-4H3;2*1H;/q2*-2;;;+2/p-2. The van der Waals surface area contributed by atoms with Gasteiger partial charge in [0, 0.05) is 0 Å². The Morgan fingerprint density at radius 2 is 0.541 bits per heavy atom. The second-order valence-corrected chi connectivity index (χ2v) is 26.8. The van der Waals surface area contributed by atoms with Gasteiger partial charge in [-0.2, -0.15) is 43.8 Å². The van der Waals surface area contributed by atoms with Crippen LogP contribution in [0.25, 0.3) is 43.1 Å². The summed E-state index contributed by atoms with van der Waals surface area (Å²) in [5.41, 5.74) is 6.52. The molecule has 0 aliphatic rings. The number of aryl methyl sites for hydroxylation is 4. The Hall–Kier alpha value is -2.78. The average Bonchev–Trinajstić information content (AvgIpc) is 4.02. The quantitative estimate of drug-likeness (QED) is 0.0684. The van der Waals surface area contributed by atoms with Crippen molar-refractivity contribution in [2.24, 2.45) is 0 Å². The van der Waals surface area contributed by atoms with Gasteiger partial charge in [-0.1, -0.05) is 155 Å². The Labute approximate surface area is 402 Å². The average molecular weight is 959 g/mol. The van der Waals surface area contributed by atoms with Crippen molar-refractivity contribution in [3.8, 4) is 0 Å². The normalized spacial score (nSPS) is 11.7. The molecule has 0 aromatic heterocycles. The Morgan fingerprint density at radius 3 is 0.738 bits per heavy atom. The van der Waals surface area contributed by atoms with E-state index in [9.17, 15) is 0 Å². The number of unbranched alkanes of at least 4 members (excludes halogenated alkanes) is 4. The van der Waals surface area contributed by atoms with Crippen LogP contribution in [0.15, 0.2) is 121 Å². The van der Waals surface area contributed by atoms with Crippen molar-refractivity contribution in [1.82, 2.24) is 0 Å². The third-order valence-electron chi connectivity index (χ3n) is 13.5. The minimum absolute atomic E-state index is 0. The van der Waals surface area contributed by atoms with Crippen LogP contribution in [0, 0.1) is 0 Å².